The van der Waals surface area contributed by atoms with Crippen molar-refractivity contribution in [2.45, 2.75) is 179 Å². The summed E-state index contributed by atoms with van der Waals surface area (Å²) >= 11 is 0. The second kappa shape index (κ2) is 11.8. The first kappa shape index (κ1) is 32.9. The predicted molar refractivity (Wildman–Crippen MR) is 177 cm³/mol. The van der Waals surface area contributed by atoms with Gasteiger partial charge in [0.2, 0.25) is 0 Å². The van der Waals surface area contributed by atoms with Crippen molar-refractivity contribution in [3.05, 3.63) is 0 Å². The minimum atomic E-state index is 0.293. The first-order valence-corrected chi connectivity index (χ1v) is 18.8. The Hall–Kier alpha value is 0. The molecule has 234 valence electrons. The Morgan fingerprint density at radius 3 is 1.85 bits per heavy atom. The van der Waals surface area contributed by atoms with Crippen LogP contribution in [0.1, 0.15) is 179 Å². The van der Waals surface area contributed by atoms with Crippen LogP contribution in [0, 0.1) is 74.4 Å². The lowest BCUT2D eigenvalue weighted by molar-refractivity contribution is -0.229. The Labute approximate surface area is 253 Å². The number of hydrogen-bond acceptors (Lipinski definition) is 0. The number of hydrogen-bond donors (Lipinski definition) is 0. The molecule has 0 N–H and O–H groups in total. The molecule has 0 heterocycles. The van der Waals surface area contributed by atoms with E-state index in [1.54, 1.807) is 19.3 Å². The minimum Gasteiger partial charge on any atom is -0.0654 e. The van der Waals surface area contributed by atoms with Crippen LogP contribution in [0.2, 0.25) is 0 Å². The zero-order valence-corrected chi connectivity index (χ0v) is 29.7. The first-order chi connectivity index (χ1) is 18.8. The van der Waals surface area contributed by atoms with Crippen molar-refractivity contribution in [2.24, 2.45) is 74.4 Å². The van der Waals surface area contributed by atoms with Crippen LogP contribution in [0.25, 0.3) is 0 Å². The lowest BCUT2D eigenvalue weighted by atomic mass is 9.34. The molecule has 4 saturated carbocycles. The van der Waals surface area contributed by atoms with Crippen LogP contribution in [0.15, 0.2) is 0 Å². The molecule has 9 atom stereocenters. The summed E-state index contributed by atoms with van der Waals surface area (Å²) in [5, 5.41) is 0. The molecule has 0 radical (unpaired) electrons. The van der Waals surface area contributed by atoms with Gasteiger partial charge in [-0.05, 0) is 119 Å². The lowest BCUT2D eigenvalue weighted by Crippen LogP contribution is -2.65. The average Bonchev–Trinajstić information content (AvgIpc) is 3.79. The largest absolute Gasteiger partial charge is 0.0654 e. The van der Waals surface area contributed by atoms with Crippen LogP contribution >= 0.6 is 0 Å². The monoisotopic (exact) mass is 555 g/mol. The van der Waals surface area contributed by atoms with Gasteiger partial charge in [-0.15, -0.1) is 0 Å². The Kier molecular flexibility index (Phi) is 9.73. The van der Waals surface area contributed by atoms with Crippen molar-refractivity contribution >= 4 is 0 Å². The summed E-state index contributed by atoms with van der Waals surface area (Å²) in [6.07, 6.45) is 21.8. The maximum atomic E-state index is 2.86. The topological polar surface area (TPSA) is 0 Å². The van der Waals surface area contributed by atoms with Gasteiger partial charge in [-0.3, -0.25) is 0 Å². The average molecular weight is 555 g/mol. The summed E-state index contributed by atoms with van der Waals surface area (Å²) < 4.78 is 0. The van der Waals surface area contributed by atoms with Crippen LogP contribution in [-0.2, 0) is 0 Å². The highest BCUT2D eigenvalue weighted by Gasteiger charge is 2.77. The molecule has 0 spiro atoms. The molecule has 4 rings (SSSR count). The molecule has 40 heavy (non-hydrogen) atoms. The SMILES string of the molecule is CCCC1CC1CC1C2C(C(C)C(C)(CC)C(C(C)C)(C3CCCCCC3)C(C)(C)C(C)(CC)CC)CC12CC. The van der Waals surface area contributed by atoms with E-state index >= 15 is 0 Å². The number of fused-ring (bicyclic) bond motifs is 1. The highest BCUT2D eigenvalue weighted by atomic mass is 14.8. The van der Waals surface area contributed by atoms with Crippen molar-refractivity contribution in [1.29, 1.82) is 0 Å². The maximum Gasteiger partial charge on any atom is -0.0133 e. The van der Waals surface area contributed by atoms with Gasteiger partial charge in [0.25, 0.3) is 0 Å². The summed E-state index contributed by atoms with van der Waals surface area (Å²) in [5.74, 6) is 7.64. The number of rotatable bonds is 15. The van der Waals surface area contributed by atoms with Gasteiger partial charge < -0.3 is 0 Å². The van der Waals surface area contributed by atoms with E-state index in [9.17, 15) is 0 Å². The fraction of sp³-hybridized carbons (Fsp3) is 1.00. The smallest absolute Gasteiger partial charge is 0.0133 e. The highest BCUT2D eigenvalue weighted by molar-refractivity contribution is 5.25. The van der Waals surface area contributed by atoms with Gasteiger partial charge in [0, 0.05) is 0 Å². The second-order valence-corrected chi connectivity index (χ2v) is 17.5. The summed E-state index contributed by atoms with van der Waals surface area (Å²) in [4.78, 5) is 0. The molecular formula is C40H74. The van der Waals surface area contributed by atoms with E-state index in [1.165, 1.54) is 77.0 Å². The minimum absolute atomic E-state index is 0.293. The summed E-state index contributed by atoms with van der Waals surface area (Å²) in [6, 6.07) is 0. The van der Waals surface area contributed by atoms with Crippen molar-refractivity contribution in [2.75, 3.05) is 0 Å². The molecule has 0 aromatic carbocycles. The molecule has 4 aliphatic rings. The van der Waals surface area contributed by atoms with Crippen molar-refractivity contribution in [3.63, 3.8) is 0 Å². The molecule has 0 saturated heterocycles. The van der Waals surface area contributed by atoms with Gasteiger partial charge in [0.15, 0.2) is 0 Å². The Bertz CT molecular complexity index is 823. The predicted octanol–water partition coefficient (Wildman–Crippen LogP) is 13.0. The molecular weight excluding hydrogens is 480 g/mol. The van der Waals surface area contributed by atoms with Crippen molar-refractivity contribution in [3.8, 4) is 0 Å². The van der Waals surface area contributed by atoms with E-state index in [0.717, 1.165) is 46.8 Å². The lowest BCUT2D eigenvalue weighted by Gasteiger charge is -2.71. The fourth-order valence-corrected chi connectivity index (χ4v) is 13.6. The van der Waals surface area contributed by atoms with E-state index in [4.69, 9.17) is 0 Å². The normalized spacial score (nSPS) is 36.7. The van der Waals surface area contributed by atoms with Gasteiger partial charge in [0.05, 0.1) is 0 Å². The second-order valence-electron chi connectivity index (χ2n) is 17.5. The third-order valence-electron chi connectivity index (χ3n) is 16.6. The quantitative estimate of drug-likeness (QED) is 0.177. The molecule has 9 unspecified atom stereocenters. The van der Waals surface area contributed by atoms with Gasteiger partial charge in [0.1, 0.15) is 0 Å². The molecule has 0 aromatic heterocycles. The van der Waals surface area contributed by atoms with E-state index in [0.29, 0.717) is 27.6 Å². The van der Waals surface area contributed by atoms with Crippen LogP contribution in [-0.4, -0.2) is 0 Å². The zero-order valence-electron chi connectivity index (χ0n) is 29.7. The molecule has 0 aromatic rings. The van der Waals surface area contributed by atoms with E-state index in [1.807, 2.05) is 0 Å². The van der Waals surface area contributed by atoms with E-state index in [2.05, 4.69) is 83.1 Å². The Morgan fingerprint density at radius 2 is 1.38 bits per heavy atom. The molecule has 0 amide bonds. The zero-order chi connectivity index (χ0) is 29.7. The molecule has 4 aliphatic carbocycles. The standard InChI is InChI=1S/C40H74/c1-13-22-30-25-31(30)26-34-35-33(27-39(34,35)17-5)29(8)38(12,16-4)40(28(6)7,32-23-20-18-19-21-24-32)36(9,10)37(11,14-2)15-3/h28-35H,13-27H2,1-12H3. The van der Waals surface area contributed by atoms with E-state index in [-0.39, 0.29) is 0 Å². The maximum absolute atomic E-state index is 2.86. The summed E-state index contributed by atoms with van der Waals surface area (Å²) in [5.41, 5.74) is 2.13. The van der Waals surface area contributed by atoms with Gasteiger partial charge >= 0.3 is 0 Å². The van der Waals surface area contributed by atoms with Crippen LogP contribution in [0.4, 0.5) is 0 Å². The summed E-state index contributed by atoms with van der Waals surface area (Å²) in [6.45, 7) is 31.8. The van der Waals surface area contributed by atoms with Gasteiger partial charge in [-0.1, -0.05) is 134 Å². The highest BCUT2D eigenvalue weighted by Crippen LogP contribution is 2.83. The molecule has 0 bridgehead atoms. The fourth-order valence-electron chi connectivity index (χ4n) is 13.6. The molecule has 4 fully saturated rings. The van der Waals surface area contributed by atoms with Crippen molar-refractivity contribution < 1.29 is 0 Å². The molecule has 0 aliphatic heterocycles. The van der Waals surface area contributed by atoms with Crippen LogP contribution in [0.5, 0.6) is 0 Å². The van der Waals surface area contributed by atoms with Gasteiger partial charge in [-0.2, -0.15) is 0 Å². The van der Waals surface area contributed by atoms with Crippen LogP contribution < -0.4 is 0 Å². The third-order valence-corrected chi connectivity index (χ3v) is 16.6. The van der Waals surface area contributed by atoms with E-state index < -0.39 is 0 Å². The molecule has 0 heteroatoms. The summed E-state index contributed by atoms with van der Waals surface area (Å²) in [7, 11) is 0. The molecule has 0 nitrogen and oxygen atoms in total. The first-order valence-electron chi connectivity index (χ1n) is 18.8. The third kappa shape index (κ3) is 4.63. The Morgan fingerprint density at radius 1 is 0.775 bits per heavy atom. The van der Waals surface area contributed by atoms with Crippen molar-refractivity contribution in [1.82, 2.24) is 0 Å². The Balaban J connectivity index is 1.73. The van der Waals surface area contributed by atoms with Crippen LogP contribution in [0.3, 0.4) is 0 Å². The van der Waals surface area contributed by atoms with Gasteiger partial charge in [-0.25, -0.2) is 0 Å².